The van der Waals surface area contributed by atoms with Gasteiger partial charge >= 0.3 is 5.69 Å². The van der Waals surface area contributed by atoms with E-state index in [9.17, 15) is 14.5 Å². The van der Waals surface area contributed by atoms with Crippen molar-refractivity contribution in [2.75, 3.05) is 12.5 Å². The van der Waals surface area contributed by atoms with Crippen molar-refractivity contribution in [1.82, 2.24) is 5.32 Å². The molecule has 0 heterocycles. The molecule has 0 bridgehead atoms. The molecule has 0 atom stereocenters. The smallest absolute Gasteiger partial charge is 0.317 e. The van der Waals surface area contributed by atoms with Gasteiger partial charge in [0, 0.05) is 35.9 Å². The zero-order valence-electron chi connectivity index (χ0n) is 12.0. The van der Waals surface area contributed by atoms with E-state index in [2.05, 4.69) is 5.32 Å². The molecular formula is C15H12N3O5+. The molecule has 116 valence electrons. The molecule has 0 saturated carbocycles. The van der Waals surface area contributed by atoms with Crippen LogP contribution in [-0.2, 0) is 0 Å². The Morgan fingerprint density at radius 3 is 2.48 bits per heavy atom. The molecule has 0 aliphatic heterocycles. The average Bonchev–Trinajstić information content (AvgIpc) is 2.85. The number of carbonyl (C=O) groups excluding carboxylic acids is 2. The number of rotatable bonds is 3. The normalized spacial score (nSPS) is 11.7. The van der Waals surface area contributed by atoms with Gasteiger partial charge in [0.05, 0.1) is 16.2 Å². The molecule has 2 aromatic carbocycles. The van der Waals surface area contributed by atoms with E-state index in [1.165, 1.54) is 37.4 Å². The van der Waals surface area contributed by atoms with E-state index in [0.29, 0.717) is 11.1 Å². The van der Waals surface area contributed by atoms with Crippen molar-refractivity contribution in [3.8, 4) is 11.1 Å². The average molecular weight is 314 g/mol. The summed E-state index contributed by atoms with van der Waals surface area (Å²) < 4.78 is 0. The second-order valence-corrected chi connectivity index (χ2v) is 4.97. The summed E-state index contributed by atoms with van der Waals surface area (Å²) in [5.41, 5.74) is 3.57. The van der Waals surface area contributed by atoms with Gasteiger partial charge in [-0.05, 0) is 23.8 Å². The van der Waals surface area contributed by atoms with Crippen LogP contribution in [0, 0.1) is 4.91 Å². The fraction of sp³-hybridized carbons (Fsp3) is 0.0667. The lowest BCUT2D eigenvalue weighted by molar-refractivity contribution is -0.729. The van der Waals surface area contributed by atoms with Gasteiger partial charge < -0.3 is 5.32 Å². The number of nitrogens with zero attached hydrogens (tertiary/aromatic N) is 1. The number of hydrogen-bond acceptors (Lipinski definition) is 5. The first kappa shape index (κ1) is 14.7. The van der Waals surface area contributed by atoms with E-state index < -0.39 is 11.7 Å². The largest absolute Gasteiger partial charge is 0.355 e. The Hall–Kier alpha value is -3.26. The number of amides is 1. The molecule has 0 radical (unpaired) electrons. The fourth-order valence-electron chi connectivity index (χ4n) is 2.69. The highest BCUT2D eigenvalue weighted by Crippen LogP contribution is 2.41. The van der Waals surface area contributed by atoms with Gasteiger partial charge in [-0.15, -0.1) is 0 Å². The zero-order chi connectivity index (χ0) is 16.7. The van der Waals surface area contributed by atoms with Crippen LogP contribution in [0.2, 0.25) is 0 Å². The van der Waals surface area contributed by atoms with E-state index in [-0.39, 0.29) is 33.0 Å². The maximum atomic E-state index is 12.6. The van der Waals surface area contributed by atoms with Crippen molar-refractivity contribution in [1.29, 1.82) is 0 Å². The van der Waals surface area contributed by atoms with Gasteiger partial charge in [0.1, 0.15) is 0 Å². The third-order valence-corrected chi connectivity index (χ3v) is 3.72. The minimum atomic E-state index is -0.421. The highest BCUT2D eigenvalue weighted by molar-refractivity contribution is 6.25. The van der Waals surface area contributed by atoms with Gasteiger partial charge in [0.2, 0.25) is 0 Å². The maximum Gasteiger partial charge on any atom is 0.317 e. The fourth-order valence-corrected chi connectivity index (χ4v) is 2.69. The van der Waals surface area contributed by atoms with Crippen LogP contribution < -0.4 is 10.8 Å². The molecule has 8 nitrogen and oxygen atoms in total. The summed E-state index contributed by atoms with van der Waals surface area (Å²) in [5, 5.41) is 20.6. The zero-order valence-corrected chi connectivity index (χ0v) is 12.0. The predicted octanol–water partition coefficient (Wildman–Crippen LogP) is 1.86. The van der Waals surface area contributed by atoms with Crippen molar-refractivity contribution in [2.45, 2.75) is 0 Å². The Labute approximate surface area is 129 Å². The molecule has 1 amide bonds. The Morgan fingerprint density at radius 2 is 1.87 bits per heavy atom. The standard InChI is InChI=1S/C15H11N3O5/c1-16-15(20)12-5-7(17-21)4-11-13(12)9-3-2-8(18(22)23)6-10(9)14(11)19/h2-6H,1H3,(H3-,16,17,19,20,21,22,23)/p+1. The Bertz CT molecular complexity index is 876. The molecule has 0 saturated heterocycles. The first-order valence-corrected chi connectivity index (χ1v) is 6.63. The molecule has 4 N–H and O–H groups in total. The number of benzene rings is 2. The van der Waals surface area contributed by atoms with Crippen LogP contribution >= 0.6 is 0 Å². The third kappa shape index (κ3) is 2.12. The number of carbonyl (C=O) groups is 2. The highest BCUT2D eigenvalue weighted by Gasteiger charge is 2.33. The van der Waals surface area contributed by atoms with Crippen molar-refractivity contribution < 1.29 is 24.9 Å². The first-order chi connectivity index (χ1) is 11.0. The van der Waals surface area contributed by atoms with Crippen LogP contribution in [0.25, 0.3) is 11.1 Å². The summed E-state index contributed by atoms with van der Waals surface area (Å²) in [6, 6.07) is 6.93. The lowest BCUT2D eigenvalue weighted by Crippen LogP contribution is -2.19. The van der Waals surface area contributed by atoms with Gasteiger partial charge in [-0.2, -0.15) is 0 Å². The highest BCUT2D eigenvalue weighted by atomic mass is 16.6. The Morgan fingerprint density at radius 1 is 1.13 bits per heavy atom. The van der Waals surface area contributed by atoms with Gasteiger partial charge in [-0.3, -0.25) is 20.3 Å². The Balaban J connectivity index is 2.31. The second kappa shape index (κ2) is 5.18. The quantitative estimate of drug-likeness (QED) is 0.548. The van der Waals surface area contributed by atoms with E-state index in [1.807, 2.05) is 5.48 Å². The molecule has 2 aromatic rings. The molecular weight excluding hydrogens is 302 g/mol. The lowest BCUT2D eigenvalue weighted by atomic mass is 9.98. The number of nitrogens with one attached hydrogen (secondary N) is 2. The monoisotopic (exact) mass is 314 g/mol. The summed E-state index contributed by atoms with van der Waals surface area (Å²) in [7, 11) is 1.45. The van der Waals surface area contributed by atoms with E-state index in [4.69, 9.17) is 10.4 Å². The van der Waals surface area contributed by atoms with Crippen LogP contribution in [0.15, 0.2) is 30.3 Å². The summed E-state index contributed by atoms with van der Waals surface area (Å²) in [4.78, 5) is 35.3. The second-order valence-electron chi connectivity index (χ2n) is 4.97. The SMILES string of the molecule is CNC(=O)c1cc(NO)cc2c1-c1ccc([N+](=O)O)cc1C2=O. The van der Waals surface area contributed by atoms with Crippen molar-refractivity contribution in [3.05, 3.63) is 51.9 Å². The van der Waals surface area contributed by atoms with Crippen LogP contribution in [0.5, 0.6) is 0 Å². The molecule has 0 spiro atoms. The van der Waals surface area contributed by atoms with E-state index in [0.717, 1.165) is 0 Å². The number of fused-ring (bicyclic) bond motifs is 3. The minimum Gasteiger partial charge on any atom is -0.355 e. The summed E-state index contributed by atoms with van der Waals surface area (Å²) >= 11 is 0. The number of ketones is 1. The molecule has 0 aromatic heterocycles. The third-order valence-electron chi connectivity index (χ3n) is 3.72. The summed E-state index contributed by atoms with van der Waals surface area (Å²) in [5.74, 6) is -0.823. The van der Waals surface area contributed by atoms with Crippen LogP contribution in [0.4, 0.5) is 11.4 Å². The van der Waals surface area contributed by atoms with Gasteiger partial charge in [0.15, 0.2) is 5.78 Å². The topological polar surface area (TPSA) is 119 Å². The molecule has 8 heteroatoms. The van der Waals surface area contributed by atoms with Crippen LogP contribution in [0.3, 0.4) is 0 Å². The van der Waals surface area contributed by atoms with E-state index >= 15 is 0 Å². The van der Waals surface area contributed by atoms with Crippen molar-refractivity contribution >= 4 is 23.1 Å². The first-order valence-electron chi connectivity index (χ1n) is 6.63. The summed E-state index contributed by atoms with van der Waals surface area (Å²) in [6.07, 6.45) is 0. The van der Waals surface area contributed by atoms with E-state index in [1.54, 1.807) is 0 Å². The van der Waals surface area contributed by atoms with Gasteiger partial charge in [0.25, 0.3) is 10.8 Å². The van der Waals surface area contributed by atoms with Crippen molar-refractivity contribution in [3.63, 3.8) is 0 Å². The van der Waals surface area contributed by atoms with Gasteiger partial charge in [-0.25, -0.2) is 5.21 Å². The minimum absolute atomic E-state index is 0.0908. The van der Waals surface area contributed by atoms with Gasteiger partial charge in [-0.1, -0.05) is 0 Å². The van der Waals surface area contributed by atoms with Crippen molar-refractivity contribution in [2.24, 2.45) is 0 Å². The molecule has 3 rings (SSSR count). The molecule has 0 unspecified atom stereocenters. The molecule has 23 heavy (non-hydrogen) atoms. The predicted molar refractivity (Wildman–Crippen MR) is 79.2 cm³/mol. The maximum absolute atomic E-state index is 12.6. The lowest BCUT2D eigenvalue weighted by Gasteiger charge is -2.10. The molecule has 1 aliphatic rings. The molecule has 1 aliphatic carbocycles. The Kier molecular flexibility index (Phi) is 3.30. The number of hydrogen-bond donors (Lipinski definition) is 4. The number of anilines is 1. The van der Waals surface area contributed by atoms with Crippen LogP contribution in [0.1, 0.15) is 26.3 Å². The summed E-state index contributed by atoms with van der Waals surface area (Å²) in [6.45, 7) is 0. The molecule has 0 fully saturated rings. The van der Waals surface area contributed by atoms with Crippen LogP contribution in [-0.4, -0.2) is 34.1 Å².